The average molecular weight is 467 g/mol. The standard InChI is InChI=1S/C18H37N5O.HI/c1-5-19-18(22-11-10-20-17(24)15(2)3)21-9-6-12-23-13-7-16(4)8-14-23;/h15-16H,5-14H2,1-4H3,(H,20,24)(H2,19,21,22);1H. The van der Waals surface area contributed by atoms with Gasteiger partial charge in [0.2, 0.25) is 5.91 Å². The predicted octanol–water partition coefficient (Wildman–Crippen LogP) is 2.05. The Bertz CT molecular complexity index is 382. The zero-order valence-electron chi connectivity index (χ0n) is 16.4. The number of halogens is 1. The molecule has 0 unspecified atom stereocenters. The maximum Gasteiger partial charge on any atom is 0.222 e. The van der Waals surface area contributed by atoms with E-state index in [0.717, 1.165) is 37.9 Å². The third kappa shape index (κ3) is 11.6. The highest BCUT2D eigenvalue weighted by Gasteiger charge is 2.14. The van der Waals surface area contributed by atoms with Crippen LogP contribution in [0, 0.1) is 11.8 Å². The van der Waals surface area contributed by atoms with Crippen molar-refractivity contribution in [2.24, 2.45) is 16.8 Å². The van der Waals surface area contributed by atoms with Gasteiger partial charge in [-0.15, -0.1) is 24.0 Å². The van der Waals surface area contributed by atoms with Crippen LogP contribution < -0.4 is 16.0 Å². The number of hydrogen-bond acceptors (Lipinski definition) is 3. The van der Waals surface area contributed by atoms with Gasteiger partial charge in [-0.25, -0.2) is 0 Å². The fourth-order valence-corrected chi connectivity index (χ4v) is 2.68. The molecule has 0 aromatic rings. The number of carbonyl (C=O) groups is 1. The number of piperidine rings is 1. The molecule has 1 saturated heterocycles. The van der Waals surface area contributed by atoms with E-state index in [-0.39, 0.29) is 35.8 Å². The second-order valence-corrected chi connectivity index (χ2v) is 7.01. The average Bonchev–Trinajstić information content (AvgIpc) is 2.56. The molecule has 148 valence electrons. The number of amides is 1. The molecule has 0 aliphatic carbocycles. The summed E-state index contributed by atoms with van der Waals surface area (Å²) in [5, 5.41) is 9.42. The Hall–Kier alpha value is -0.570. The highest BCUT2D eigenvalue weighted by molar-refractivity contribution is 14.0. The first-order chi connectivity index (χ1) is 11.5. The molecule has 1 fully saturated rings. The zero-order valence-corrected chi connectivity index (χ0v) is 18.8. The Labute approximate surface area is 171 Å². The third-order valence-electron chi connectivity index (χ3n) is 4.36. The fourth-order valence-electron chi connectivity index (χ4n) is 2.68. The van der Waals surface area contributed by atoms with E-state index in [1.54, 1.807) is 0 Å². The second-order valence-electron chi connectivity index (χ2n) is 7.01. The second kappa shape index (κ2) is 14.6. The van der Waals surface area contributed by atoms with Crippen LogP contribution in [0.3, 0.4) is 0 Å². The van der Waals surface area contributed by atoms with Crippen LogP contribution in [0.5, 0.6) is 0 Å². The van der Waals surface area contributed by atoms with Crippen molar-refractivity contribution in [2.75, 3.05) is 45.8 Å². The lowest BCUT2D eigenvalue weighted by Crippen LogP contribution is -2.42. The van der Waals surface area contributed by atoms with Crippen molar-refractivity contribution < 1.29 is 4.79 Å². The molecule has 0 saturated carbocycles. The van der Waals surface area contributed by atoms with E-state index in [2.05, 4.69) is 39.7 Å². The summed E-state index contributed by atoms with van der Waals surface area (Å²) in [7, 11) is 0. The number of likely N-dealkylation sites (tertiary alicyclic amines) is 1. The van der Waals surface area contributed by atoms with E-state index in [1.165, 1.54) is 25.9 Å². The summed E-state index contributed by atoms with van der Waals surface area (Å²) in [6.07, 6.45) is 3.75. The minimum absolute atomic E-state index is 0. The molecule has 0 spiro atoms. The van der Waals surface area contributed by atoms with E-state index in [4.69, 9.17) is 0 Å². The SMILES string of the molecule is CCNC(=NCCCN1CCC(C)CC1)NCCNC(=O)C(C)C.I. The monoisotopic (exact) mass is 467 g/mol. The number of aliphatic imine (C=N–C) groups is 1. The van der Waals surface area contributed by atoms with Gasteiger partial charge in [-0.1, -0.05) is 20.8 Å². The first-order valence-electron chi connectivity index (χ1n) is 9.55. The molecule has 1 aliphatic rings. The Morgan fingerprint density at radius 3 is 2.40 bits per heavy atom. The molecule has 0 aromatic heterocycles. The van der Waals surface area contributed by atoms with Crippen molar-refractivity contribution in [3.05, 3.63) is 0 Å². The van der Waals surface area contributed by atoms with Crippen LogP contribution in [0.1, 0.15) is 47.0 Å². The lowest BCUT2D eigenvalue weighted by Gasteiger charge is -2.29. The molecular formula is C18H38IN5O. The van der Waals surface area contributed by atoms with Gasteiger partial charge in [-0.2, -0.15) is 0 Å². The summed E-state index contributed by atoms with van der Waals surface area (Å²) >= 11 is 0. The van der Waals surface area contributed by atoms with Crippen molar-refractivity contribution in [2.45, 2.75) is 47.0 Å². The first kappa shape index (κ1) is 24.4. The van der Waals surface area contributed by atoms with Crippen LogP contribution in [0.15, 0.2) is 4.99 Å². The molecule has 3 N–H and O–H groups in total. The summed E-state index contributed by atoms with van der Waals surface area (Å²) in [5.41, 5.74) is 0. The molecule has 1 heterocycles. The van der Waals surface area contributed by atoms with Crippen LogP contribution in [0.25, 0.3) is 0 Å². The van der Waals surface area contributed by atoms with Gasteiger partial charge in [-0.3, -0.25) is 9.79 Å². The molecule has 7 heteroatoms. The normalized spacial score (nSPS) is 16.4. The van der Waals surface area contributed by atoms with Gasteiger partial charge in [0.15, 0.2) is 5.96 Å². The van der Waals surface area contributed by atoms with Gasteiger partial charge in [0.25, 0.3) is 0 Å². The maximum absolute atomic E-state index is 11.5. The van der Waals surface area contributed by atoms with E-state index in [1.807, 2.05) is 13.8 Å². The van der Waals surface area contributed by atoms with E-state index in [0.29, 0.717) is 13.1 Å². The van der Waals surface area contributed by atoms with Crippen molar-refractivity contribution >= 4 is 35.8 Å². The van der Waals surface area contributed by atoms with Crippen molar-refractivity contribution in [3.63, 3.8) is 0 Å². The predicted molar refractivity (Wildman–Crippen MR) is 117 cm³/mol. The molecule has 0 atom stereocenters. The molecule has 1 rings (SSSR count). The molecular weight excluding hydrogens is 429 g/mol. The van der Waals surface area contributed by atoms with Crippen molar-refractivity contribution in [3.8, 4) is 0 Å². The minimum atomic E-state index is 0. The highest BCUT2D eigenvalue weighted by atomic mass is 127. The summed E-state index contributed by atoms with van der Waals surface area (Å²) in [6.45, 7) is 14.8. The van der Waals surface area contributed by atoms with Gasteiger partial charge in [0, 0.05) is 32.1 Å². The molecule has 0 aromatic carbocycles. The van der Waals surface area contributed by atoms with E-state index < -0.39 is 0 Å². The topological polar surface area (TPSA) is 68.8 Å². The summed E-state index contributed by atoms with van der Waals surface area (Å²) in [5.74, 6) is 1.85. The Balaban J connectivity index is 0.00000576. The van der Waals surface area contributed by atoms with Gasteiger partial charge in [-0.05, 0) is 51.7 Å². The molecule has 0 bridgehead atoms. The van der Waals surface area contributed by atoms with Crippen molar-refractivity contribution in [1.82, 2.24) is 20.9 Å². The fraction of sp³-hybridized carbons (Fsp3) is 0.889. The quantitative estimate of drug-likeness (QED) is 0.210. The number of guanidine groups is 1. The zero-order chi connectivity index (χ0) is 17.8. The third-order valence-corrected chi connectivity index (χ3v) is 4.36. The minimum Gasteiger partial charge on any atom is -0.357 e. The van der Waals surface area contributed by atoms with E-state index in [9.17, 15) is 4.79 Å². The molecule has 6 nitrogen and oxygen atoms in total. The lowest BCUT2D eigenvalue weighted by atomic mass is 9.99. The van der Waals surface area contributed by atoms with Gasteiger partial charge >= 0.3 is 0 Å². The molecule has 0 radical (unpaired) electrons. The highest BCUT2D eigenvalue weighted by Crippen LogP contribution is 2.15. The van der Waals surface area contributed by atoms with E-state index >= 15 is 0 Å². The van der Waals surface area contributed by atoms with Crippen LogP contribution in [-0.4, -0.2) is 62.6 Å². The number of carbonyl (C=O) groups excluding carboxylic acids is 1. The largest absolute Gasteiger partial charge is 0.357 e. The Kier molecular flexibility index (Phi) is 14.3. The first-order valence-corrected chi connectivity index (χ1v) is 9.55. The van der Waals surface area contributed by atoms with Crippen LogP contribution >= 0.6 is 24.0 Å². The molecule has 25 heavy (non-hydrogen) atoms. The molecule has 1 amide bonds. The van der Waals surface area contributed by atoms with Crippen molar-refractivity contribution in [1.29, 1.82) is 0 Å². The van der Waals surface area contributed by atoms with Gasteiger partial charge < -0.3 is 20.9 Å². The van der Waals surface area contributed by atoms with Crippen LogP contribution in [0.2, 0.25) is 0 Å². The lowest BCUT2D eigenvalue weighted by molar-refractivity contribution is -0.123. The summed E-state index contributed by atoms with van der Waals surface area (Å²) < 4.78 is 0. The maximum atomic E-state index is 11.5. The smallest absolute Gasteiger partial charge is 0.222 e. The van der Waals surface area contributed by atoms with Crippen LogP contribution in [0.4, 0.5) is 0 Å². The number of nitrogens with zero attached hydrogens (tertiary/aromatic N) is 2. The Morgan fingerprint density at radius 1 is 1.16 bits per heavy atom. The number of nitrogens with one attached hydrogen (secondary N) is 3. The molecule has 1 aliphatic heterocycles. The summed E-state index contributed by atoms with van der Waals surface area (Å²) in [4.78, 5) is 18.7. The van der Waals surface area contributed by atoms with Gasteiger partial charge in [0.05, 0.1) is 0 Å². The van der Waals surface area contributed by atoms with Crippen LogP contribution in [-0.2, 0) is 4.79 Å². The number of rotatable bonds is 9. The Morgan fingerprint density at radius 2 is 1.80 bits per heavy atom. The number of hydrogen-bond donors (Lipinski definition) is 3. The summed E-state index contributed by atoms with van der Waals surface area (Å²) in [6, 6.07) is 0. The van der Waals surface area contributed by atoms with Gasteiger partial charge in [0.1, 0.15) is 0 Å².